The summed E-state index contributed by atoms with van der Waals surface area (Å²) in [4.78, 5) is 0. The Hall–Kier alpha value is -3.90. The van der Waals surface area contributed by atoms with Gasteiger partial charge in [-0.2, -0.15) is 0 Å². The van der Waals surface area contributed by atoms with Crippen molar-refractivity contribution in [1.82, 2.24) is 10.2 Å². The first-order chi connectivity index (χ1) is 16.1. The van der Waals surface area contributed by atoms with Gasteiger partial charge in [-0.1, -0.05) is 36.4 Å². The van der Waals surface area contributed by atoms with E-state index in [2.05, 4.69) is 17.1 Å². The Morgan fingerprint density at radius 3 is 2.09 bits per heavy atom. The summed E-state index contributed by atoms with van der Waals surface area (Å²) >= 11 is 0. The smallest absolute Gasteiger partial charge is 0.161 e. The second kappa shape index (κ2) is 11.6. The minimum atomic E-state index is 0.00449. The van der Waals surface area contributed by atoms with Gasteiger partial charge in [0.05, 0.1) is 27.9 Å². The normalized spacial score (nSPS) is 10.1. The number of aryl methyl sites for hydroxylation is 1. The first-order valence-corrected chi connectivity index (χ1v) is 10.6. The van der Waals surface area contributed by atoms with Crippen LogP contribution in [0.25, 0.3) is 21.9 Å². The third-order valence-electron chi connectivity index (χ3n) is 5.33. The summed E-state index contributed by atoms with van der Waals surface area (Å²) in [6.07, 6.45) is 3.72. The number of H-pyrrole nitrogens is 2. The number of rotatable bonds is 5. The van der Waals surface area contributed by atoms with Crippen molar-refractivity contribution in [2.24, 2.45) is 0 Å². The third kappa shape index (κ3) is 5.67. The number of nitrogens with one attached hydrogen (secondary N) is 2. The minimum absolute atomic E-state index is 0.00449. The molecule has 1 aromatic heterocycles. The van der Waals surface area contributed by atoms with Crippen LogP contribution in [0.2, 0.25) is 0 Å². The highest BCUT2D eigenvalue weighted by Gasteiger charge is 2.07. The number of aromatic amines is 2. The zero-order chi connectivity index (χ0) is 23.6. The summed E-state index contributed by atoms with van der Waals surface area (Å²) < 4.78 is 15.8. The molecule has 1 heterocycles. The molecular formula is C27H30N2O4. The quantitative estimate of drug-likeness (QED) is 0.362. The molecule has 172 valence electrons. The van der Waals surface area contributed by atoms with E-state index in [0.29, 0.717) is 0 Å². The van der Waals surface area contributed by atoms with Crippen LogP contribution in [-0.2, 0) is 6.61 Å². The zero-order valence-electron chi connectivity index (χ0n) is 19.4. The molecule has 4 aromatic rings. The standard InChI is InChI=1S/C15H18N2O2.C12H12O2/c1-11-6-8-16-17-9-7-13(11)12-4-5-14(18-2)15(10-12)19-3;1-14-12-7-6-9-4-2-3-5-10(9)11(12)8-13/h4-10,16-17H,1-3H3;2-7,13H,8H2,1H3. The molecule has 6 nitrogen and oxygen atoms in total. The number of aliphatic hydroxyl groups is 1. The van der Waals surface area contributed by atoms with Crippen LogP contribution < -0.4 is 14.2 Å². The predicted molar refractivity (Wildman–Crippen MR) is 132 cm³/mol. The Bertz CT molecular complexity index is 1240. The van der Waals surface area contributed by atoms with Gasteiger partial charge in [0, 0.05) is 18.0 Å². The van der Waals surface area contributed by atoms with E-state index in [1.54, 1.807) is 21.3 Å². The van der Waals surface area contributed by atoms with Gasteiger partial charge in [0.15, 0.2) is 11.5 Å². The lowest BCUT2D eigenvalue weighted by Crippen LogP contribution is -1.92. The average molecular weight is 447 g/mol. The van der Waals surface area contributed by atoms with Gasteiger partial charge in [0.2, 0.25) is 0 Å². The molecule has 0 saturated carbocycles. The van der Waals surface area contributed by atoms with Crippen LogP contribution in [-0.4, -0.2) is 36.6 Å². The second-order valence-electron chi connectivity index (χ2n) is 7.25. The first kappa shape index (κ1) is 23.8. The molecule has 4 rings (SSSR count). The number of fused-ring (bicyclic) bond motifs is 1. The molecule has 0 unspecified atom stereocenters. The van der Waals surface area contributed by atoms with Crippen LogP contribution in [0.15, 0.2) is 79.1 Å². The Kier molecular flexibility index (Phi) is 8.38. The Morgan fingerprint density at radius 2 is 1.39 bits per heavy atom. The number of aliphatic hydroxyl groups excluding tert-OH is 1. The summed E-state index contributed by atoms with van der Waals surface area (Å²) in [7, 11) is 4.89. The molecule has 0 bridgehead atoms. The first-order valence-electron chi connectivity index (χ1n) is 10.6. The minimum Gasteiger partial charge on any atom is -0.496 e. The highest BCUT2D eigenvalue weighted by Crippen LogP contribution is 2.33. The van der Waals surface area contributed by atoms with E-state index in [-0.39, 0.29) is 6.61 Å². The summed E-state index contributed by atoms with van der Waals surface area (Å²) in [5.74, 6) is 2.20. The lowest BCUT2D eigenvalue weighted by molar-refractivity contribution is 0.275. The van der Waals surface area contributed by atoms with E-state index in [1.165, 1.54) is 0 Å². The second-order valence-corrected chi connectivity index (χ2v) is 7.25. The number of methoxy groups -OCH3 is 3. The van der Waals surface area contributed by atoms with Gasteiger partial charge in [0.25, 0.3) is 0 Å². The molecule has 3 N–H and O–H groups in total. The number of ether oxygens (including phenoxy) is 3. The lowest BCUT2D eigenvalue weighted by Gasteiger charge is -2.10. The fraction of sp³-hybridized carbons (Fsp3) is 0.185. The Labute approximate surface area is 194 Å². The summed E-state index contributed by atoms with van der Waals surface area (Å²) in [5.41, 5.74) is 4.23. The van der Waals surface area contributed by atoms with Gasteiger partial charge < -0.3 is 29.5 Å². The summed E-state index contributed by atoms with van der Waals surface area (Å²) in [6, 6.07) is 21.8. The van der Waals surface area contributed by atoms with Crippen LogP contribution in [0.4, 0.5) is 0 Å². The number of hydrogen-bond acceptors (Lipinski definition) is 4. The van der Waals surface area contributed by atoms with E-state index in [4.69, 9.17) is 14.2 Å². The van der Waals surface area contributed by atoms with E-state index in [0.717, 1.165) is 50.3 Å². The van der Waals surface area contributed by atoms with Crippen molar-refractivity contribution in [3.63, 3.8) is 0 Å². The SMILES string of the molecule is COc1ccc(-c2cc[nH][nH]ccc2C)cc1OC.COc1ccc2ccccc2c1CO. The van der Waals surface area contributed by atoms with E-state index in [9.17, 15) is 5.11 Å². The highest BCUT2D eigenvalue weighted by atomic mass is 16.5. The molecule has 0 spiro atoms. The Balaban J connectivity index is 0.000000194. The van der Waals surface area contributed by atoms with Gasteiger partial charge in [-0.05, 0) is 64.7 Å². The largest absolute Gasteiger partial charge is 0.496 e. The van der Waals surface area contributed by atoms with Crippen molar-refractivity contribution in [1.29, 1.82) is 0 Å². The van der Waals surface area contributed by atoms with Gasteiger partial charge in [0.1, 0.15) is 5.75 Å². The maximum absolute atomic E-state index is 9.27. The topological polar surface area (TPSA) is 79.5 Å². The lowest BCUT2D eigenvalue weighted by atomic mass is 10.0. The van der Waals surface area contributed by atoms with Crippen LogP contribution in [0.5, 0.6) is 17.2 Å². The van der Waals surface area contributed by atoms with Crippen LogP contribution in [0, 0.1) is 6.92 Å². The van der Waals surface area contributed by atoms with Crippen LogP contribution in [0.1, 0.15) is 11.1 Å². The fourth-order valence-corrected chi connectivity index (χ4v) is 3.61. The number of benzene rings is 3. The monoisotopic (exact) mass is 446 g/mol. The van der Waals surface area contributed by atoms with Gasteiger partial charge in [-0.3, -0.25) is 0 Å². The Morgan fingerprint density at radius 1 is 0.727 bits per heavy atom. The van der Waals surface area contributed by atoms with Crippen molar-refractivity contribution in [3.8, 4) is 28.4 Å². The van der Waals surface area contributed by atoms with Crippen molar-refractivity contribution in [3.05, 3.63) is 90.3 Å². The molecule has 0 aliphatic rings. The van der Waals surface area contributed by atoms with Gasteiger partial charge in [-0.15, -0.1) is 0 Å². The van der Waals surface area contributed by atoms with E-state index < -0.39 is 0 Å². The van der Waals surface area contributed by atoms with Crippen LogP contribution >= 0.6 is 0 Å². The summed E-state index contributed by atoms with van der Waals surface area (Å²) in [5, 5.41) is 17.3. The maximum atomic E-state index is 9.27. The van der Waals surface area contributed by atoms with Crippen LogP contribution in [0.3, 0.4) is 0 Å². The van der Waals surface area contributed by atoms with Crippen molar-refractivity contribution < 1.29 is 19.3 Å². The average Bonchev–Trinajstić information content (AvgIpc) is 2.85. The molecule has 3 aromatic carbocycles. The van der Waals surface area contributed by atoms with E-state index >= 15 is 0 Å². The maximum Gasteiger partial charge on any atom is 0.161 e. The molecular weight excluding hydrogens is 416 g/mol. The molecule has 0 saturated heterocycles. The highest BCUT2D eigenvalue weighted by molar-refractivity contribution is 5.87. The molecule has 0 fully saturated rings. The summed E-state index contributed by atoms with van der Waals surface area (Å²) in [6.45, 7) is 2.07. The van der Waals surface area contributed by atoms with Crippen molar-refractivity contribution in [2.45, 2.75) is 13.5 Å². The van der Waals surface area contributed by atoms with Crippen molar-refractivity contribution >= 4 is 10.8 Å². The van der Waals surface area contributed by atoms with E-state index in [1.807, 2.05) is 79.1 Å². The molecule has 6 heteroatoms. The molecule has 0 radical (unpaired) electrons. The molecule has 0 amide bonds. The predicted octanol–water partition coefficient (Wildman–Crippen LogP) is 5.80. The number of hydrogen-bond donors (Lipinski definition) is 3. The van der Waals surface area contributed by atoms with Gasteiger partial charge >= 0.3 is 0 Å². The number of aromatic nitrogens is 2. The van der Waals surface area contributed by atoms with Crippen molar-refractivity contribution in [2.75, 3.05) is 21.3 Å². The van der Waals surface area contributed by atoms with Gasteiger partial charge in [-0.25, -0.2) is 0 Å². The third-order valence-corrected chi connectivity index (χ3v) is 5.33. The fourth-order valence-electron chi connectivity index (χ4n) is 3.61. The molecule has 33 heavy (non-hydrogen) atoms. The molecule has 0 aliphatic carbocycles. The zero-order valence-corrected chi connectivity index (χ0v) is 19.4. The molecule has 0 aliphatic heterocycles. The molecule has 0 atom stereocenters.